The van der Waals surface area contributed by atoms with Gasteiger partial charge < -0.3 is 9.67 Å². The number of nitrogens with zero attached hydrogens (tertiary/aromatic N) is 2. The lowest BCUT2D eigenvalue weighted by Crippen LogP contribution is -2.03. The van der Waals surface area contributed by atoms with Crippen molar-refractivity contribution in [3.63, 3.8) is 0 Å². The molecule has 1 heterocycles. The molecular formula is C12H13FN2OS. The molecule has 5 heteroatoms. The van der Waals surface area contributed by atoms with Gasteiger partial charge >= 0.3 is 0 Å². The van der Waals surface area contributed by atoms with Crippen LogP contribution in [-0.2, 0) is 6.54 Å². The van der Waals surface area contributed by atoms with Crippen LogP contribution >= 0.6 is 11.8 Å². The van der Waals surface area contributed by atoms with Crippen LogP contribution in [0.3, 0.4) is 0 Å². The van der Waals surface area contributed by atoms with E-state index in [1.54, 1.807) is 18.3 Å². The van der Waals surface area contributed by atoms with E-state index in [1.165, 1.54) is 17.8 Å². The van der Waals surface area contributed by atoms with E-state index in [0.717, 1.165) is 5.16 Å². The lowest BCUT2D eigenvalue weighted by molar-refractivity contribution is 0.322. The smallest absolute Gasteiger partial charge is 0.168 e. The third-order valence-corrected chi connectivity index (χ3v) is 3.28. The van der Waals surface area contributed by atoms with Crippen LogP contribution in [0.25, 0.3) is 0 Å². The topological polar surface area (TPSA) is 38.1 Å². The van der Waals surface area contributed by atoms with Crippen molar-refractivity contribution in [3.05, 3.63) is 48.0 Å². The summed E-state index contributed by atoms with van der Waals surface area (Å²) in [5, 5.41) is 9.57. The lowest BCUT2D eigenvalue weighted by atomic mass is 10.2. The van der Waals surface area contributed by atoms with Crippen LogP contribution in [0, 0.1) is 5.82 Å². The first-order chi connectivity index (χ1) is 8.31. The second-order valence-corrected chi connectivity index (χ2v) is 4.56. The zero-order valence-corrected chi connectivity index (χ0v) is 10.0. The van der Waals surface area contributed by atoms with Crippen molar-refractivity contribution in [2.24, 2.45) is 0 Å². The highest BCUT2D eigenvalue weighted by Gasteiger charge is 2.06. The van der Waals surface area contributed by atoms with Gasteiger partial charge in [0.2, 0.25) is 0 Å². The van der Waals surface area contributed by atoms with Crippen LogP contribution in [0.4, 0.5) is 4.39 Å². The molecule has 2 aromatic rings. The number of aromatic nitrogens is 2. The summed E-state index contributed by atoms with van der Waals surface area (Å²) in [6.07, 6.45) is 3.49. The van der Waals surface area contributed by atoms with Crippen LogP contribution < -0.4 is 0 Å². The molecule has 0 saturated heterocycles. The van der Waals surface area contributed by atoms with Crippen LogP contribution in [-0.4, -0.2) is 27.0 Å². The molecule has 0 aliphatic carbocycles. The largest absolute Gasteiger partial charge is 0.396 e. The van der Waals surface area contributed by atoms with Crippen LogP contribution in [0.5, 0.6) is 0 Å². The summed E-state index contributed by atoms with van der Waals surface area (Å²) in [5.74, 6) is 0.383. The number of halogens is 1. The first kappa shape index (κ1) is 12.1. The van der Waals surface area contributed by atoms with E-state index in [2.05, 4.69) is 4.98 Å². The van der Waals surface area contributed by atoms with Crippen molar-refractivity contribution in [2.75, 3.05) is 12.4 Å². The summed E-state index contributed by atoms with van der Waals surface area (Å²) in [7, 11) is 0. The average Bonchev–Trinajstić information content (AvgIpc) is 2.77. The Labute approximate surface area is 103 Å². The molecule has 2 rings (SSSR count). The molecule has 3 nitrogen and oxygen atoms in total. The minimum Gasteiger partial charge on any atom is -0.396 e. The van der Waals surface area contributed by atoms with Gasteiger partial charge in [0.1, 0.15) is 5.82 Å². The Kier molecular flexibility index (Phi) is 4.17. The summed E-state index contributed by atoms with van der Waals surface area (Å²) < 4.78 is 15.4. The molecule has 1 aromatic heterocycles. The van der Waals surface area contributed by atoms with E-state index in [0.29, 0.717) is 17.9 Å². The summed E-state index contributed by atoms with van der Waals surface area (Å²) in [6.45, 7) is 0.567. The van der Waals surface area contributed by atoms with Gasteiger partial charge in [-0.25, -0.2) is 9.37 Å². The molecule has 0 fully saturated rings. The minimum absolute atomic E-state index is 0.108. The molecule has 0 bridgehead atoms. The van der Waals surface area contributed by atoms with Crippen LogP contribution in [0.1, 0.15) is 5.56 Å². The number of aliphatic hydroxyl groups is 1. The summed E-state index contributed by atoms with van der Waals surface area (Å²) in [5.41, 5.74) is 0.636. The predicted molar refractivity (Wildman–Crippen MR) is 65.5 cm³/mol. The maximum Gasteiger partial charge on any atom is 0.168 e. The Morgan fingerprint density at radius 2 is 2.18 bits per heavy atom. The zero-order chi connectivity index (χ0) is 12.1. The number of aliphatic hydroxyl groups excluding tert-OH is 1. The fraction of sp³-hybridized carbons (Fsp3) is 0.250. The second-order valence-electron chi connectivity index (χ2n) is 3.50. The van der Waals surface area contributed by atoms with Crippen molar-refractivity contribution >= 4 is 11.8 Å². The van der Waals surface area contributed by atoms with E-state index in [9.17, 15) is 4.39 Å². The number of hydrogen-bond donors (Lipinski definition) is 1. The van der Waals surface area contributed by atoms with Gasteiger partial charge in [0.25, 0.3) is 0 Å². The molecule has 0 unspecified atom stereocenters. The number of hydrogen-bond acceptors (Lipinski definition) is 3. The average molecular weight is 252 g/mol. The van der Waals surface area contributed by atoms with E-state index in [4.69, 9.17) is 5.11 Å². The molecule has 1 N–H and O–H groups in total. The van der Waals surface area contributed by atoms with Crippen LogP contribution in [0.2, 0.25) is 0 Å². The van der Waals surface area contributed by atoms with Gasteiger partial charge in [-0.05, 0) is 6.07 Å². The van der Waals surface area contributed by atoms with Crippen LogP contribution in [0.15, 0.2) is 41.8 Å². The van der Waals surface area contributed by atoms with Crippen molar-refractivity contribution in [1.82, 2.24) is 9.55 Å². The fourth-order valence-electron chi connectivity index (χ4n) is 1.50. The van der Waals surface area contributed by atoms with Gasteiger partial charge in [-0.2, -0.15) is 0 Å². The van der Waals surface area contributed by atoms with E-state index < -0.39 is 0 Å². The molecular weight excluding hydrogens is 239 g/mol. The molecule has 0 radical (unpaired) electrons. The number of benzene rings is 1. The Hall–Kier alpha value is -1.33. The first-order valence-electron chi connectivity index (χ1n) is 5.29. The molecule has 17 heavy (non-hydrogen) atoms. The Bertz CT molecular complexity index is 487. The SMILES string of the molecule is OCCSc1nccn1Cc1ccccc1F. The maximum atomic E-state index is 13.5. The Balaban J connectivity index is 2.13. The van der Waals surface area contributed by atoms with E-state index >= 15 is 0 Å². The van der Waals surface area contributed by atoms with Crippen molar-refractivity contribution < 1.29 is 9.50 Å². The van der Waals surface area contributed by atoms with Crippen molar-refractivity contribution in [2.45, 2.75) is 11.7 Å². The number of thioether (sulfide) groups is 1. The normalized spacial score (nSPS) is 10.7. The Morgan fingerprint density at radius 3 is 2.94 bits per heavy atom. The predicted octanol–water partition coefficient (Wildman–Crippen LogP) is 2.15. The zero-order valence-electron chi connectivity index (χ0n) is 9.21. The molecule has 90 valence electrons. The van der Waals surface area contributed by atoms with E-state index in [-0.39, 0.29) is 12.4 Å². The highest BCUT2D eigenvalue weighted by Crippen LogP contribution is 2.17. The molecule has 0 saturated carbocycles. The molecule has 0 atom stereocenters. The molecule has 1 aromatic carbocycles. The van der Waals surface area contributed by atoms with Gasteiger partial charge in [-0.15, -0.1) is 0 Å². The third kappa shape index (κ3) is 3.08. The van der Waals surface area contributed by atoms with Gasteiger partial charge in [0, 0.05) is 23.7 Å². The molecule has 0 aliphatic heterocycles. The standard InChI is InChI=1S/C12H13FN2OS/c13-11-4-2-1-3-10(11)9-15-6-5-14-12(15)17-8-7-16/h1-6,16H,7-9H2. The van der Waals surface area contributed by atoms with Crippen molar-refractivity contribution in [1.29, 1.82) is 0 Å². The van der Waals surface area contributed by atoms with Gasteiger partial charge in [0.05, 0.1) is 13.2 Å². The van der Waals surface area contributed by atoms with Gasteiger partial charge in [0.15, 0.2) is 5.16 Å². The summed E-state index contributed by atoms with van der Waals surface area (Å²) in [6, 6.07) is 6.70. The Morgan fingerprint density at radius 1 is 1.35 bits per heavy atom. The summed E-state index contributed by atoms with van der Waals surface area (Å²) >= 11 is 1.46. The second kappa shape index (κ2) is 5.84. The third-order valence-electron chi connectivity index (χ3n) is 2.30. The number of imidazole rings is 1. The monoisotopic (exact) mass is 252 g/mol. The fourth-order valence-corrected chi connectivity index (χ4v) is 2.20. The van der Waals surface area contributed by atoms with Crippen molar-refractivity contribution in [3.8, 4) is 0 Å². The molecule has 0 aliphatic rings. The van der Waals surface area contributed by atoms with E-state index in [1.807, 2.05) is 16.8 Å². The number of rotatable bonds is 5. The minimum atomic E-state index is -0.209. The maximum absolute atomic E-state index is 13.5. The highest BCUT2D eigenvalue weighted by atomic mass is 32.2. The lowest BCUT2D eigenvalue weighted by Gasteiger charge is -2.07. The quantitative estimate of drug-likeness (QED) is 0.829. The molecule has 0 amide bonds. The first-order valence-corrected chi connectivity index (χ1v) is 6.28. The molecule has 0 spiro atoms. The van der Waals surface area contributed by atoms with Gasteiger partial charge in [-0.3, -0.25) is 0 Å². The highest BCUT2D eigenvalue weighted by molar-refractivity contribution is 7.99. The summed E-state index contributed by atoms with van der Waals surface area (Å²) in [4.78, 5) is 4.17. The van der Waals surface area contributed by atoms with Gasteiger partial charge in [-0.1, -0.05) is 30.0 Å².